The molecule has 1 aromatic carbocycles. The molecule has 102 valence electrons. The molecule has 0 bridgehead atoms. The average Bonchev–Trinajstić information content (AvgIpc) is 2.66. The number of alkyl halides is 1. The molecular weight excluding hydrogens is 376 g/mol. The van der Waals surface area contributed by atoms with Gasteiger partial charge in [-0.05, 0) is 41.1 Å². The van der Waals surface area contributed by atoms with Crippen LogP contribution in [0.25, 0.3) is 0 Å². The maximum Gasteiger partial charge on any atom is 0.221 e. The number of hydrogen-bond acceptors (Lipinski definition) is 3. The Balaban J connectivity index is 2.36. The van der Waals surface area contributed by atoms with Gasteiger partial charge in [-0.2, -0.15) is 5.10 Å². The van der Waals surface area contributed by atoms with E-state index < -0.39 is 0 Å². The molecule has 0 fully saturated rings. The van der Waals surface area contributed by atoms with E-state index in [4.69, 9.17) is 9.47 Å². The summed E-state index contributed by atoms with van der Waals surface area (Å²) in [5.74, 6) is 2.24. The number of hydrogen-bond donors (Lipinski definition) is 0. The number of rotatable bonds is 4. The van der Waals surface area contributed by atoms with Gasteiger partial charge in [-0.25, -0.2) is 4.68 Å². The topological polar surface area (TPSA) is 36.3 Å². The van der Waals surface area contributed by atoms with E-state index in [1.165, 1.54) is 0 Å². The normalized spacial score (nSPS) is 10.6. The molecule has 0 N–H and O–H groups in total. The summed E-state index contributed by atoms with van der Waals surface area (Å²) < 4.78 is 13.7. The minimum absolute atomic E-state index is 0.704. The lowest BCUT2D eigenvalue weighted by Gasteiger charge is -2.10. The van der Waals surface area contributed by atoms with Gasteiger partial charge in [0.2, 0.25) is 5.88 Å². The Morgan fingerprint density at radius 1 is 1.37 bits per heavy atom. The van der Waals surface area contributed by atoms with Crippen LogP contribution < -0.4 is 9.47 Å². The van der Waals surface area contributed by atoms with Gasteiger partial charge < -0.3 is 9.47 Å². The highest BCUT2D eigenvalue weighted by atomic mass is 79.9. The standard InChI is InChI=1S/C13H14Br2N2O2/c1-8-10(7-14)13(17(2)16-8)19-12-5-4-9(18-3)6-11(12)15/h4-6H,7H2,1-3H3. The van der Waals surface area contributed by atoms with E-state index >= 15 is 0 Å². The summed E-state index contributed by atoms with van der Waals surface area (Å²) in [4.78, 5) is 0. The van der Waals surface area contributed by atoms with Gasteiger partial charge in [0.25, 0.3) is 0 Å². The summed E-state index contributed by atoms with van der Waals surface area (Å²) >= 11 is 6.94. The second kappa shape index (κ2) is 5.96. The summed E-state index contributed by atoms with van der Waals surface area (Å²) in [6.45, 7) is 1.96. The van der Waals surface area contributed by atoms with Crippen molar-refractivity contribution in [2.75, 3.05) is 7.11 Å². The van der Waals surface area contributed by atoms with Crippen molar-refractivity contribution in [3.05, 3.63) is 33.9 Å². The Morgan fingerprint density at radius 2 is 2.11 bits per heavy atom. The van der Waals surface area contributed by atoms with Crippen molar-refractivity contribution in [2.45, 2.75) is 12.3 Å². The Kier molecular flexibility index (Phi) is 4.52. The first-order valence-corrected chi connectivity index (χ1v) is 7.58. The predicted octanol–water partition coefficient (Wildman–Crippen LogP) is 4.19. The molecule has 0 aliphatic carbocycles. The number of aryl methyl sites for hydroxylation is 2. The van der Waals surface area contributed by atoms with Crippen LogP contribution >= 0.6 is 31.9 Å². The minimum Gasteiger partial charge on any atom is -0.497 e. The molecular formula is C13H14Br2N2O2. The molecule has 0 saturated carbocycles. The molecule has 0 aliphatic heterocycles. The molecule has 0 radical (unpaired) electrons. The Morgan fingerprint density at radius 3 is 2.68 bits per heavy atom. The fourth-order valence-electron chi connectivity index (χ4n) is 1.76. The molecule has 2 rings (SSSR count). The van der Waals surface area contributed by atoms with Crippen LogP contribution in [0.3, 0.4) is 0 Å². The Hall–Kier alpha value is -1.01. The summed E-state index contributed by atoms with van der Waals surface area (Å²) in [5.41, 5.74) is 2.00. The third-order valence-corrected chi connectivity index (χ3v) is 3.95. The number of halogens is 2. The van der Waals surface area contributed by atoms with Crippen molar-refractivity contribution in [1.29, 1.82) is 0 Å². The quantitative estimate of drug-likeness (QED) is 0.735. The van der Waals surface area contributed by atoms with Gasteiger partial charge in [0.1, 0.15) is 11.5 Å². The van der Waals surface area contributed by atoms with Crippen molar-refractivity contribution in [2.24, 2.45) is 7.05 Å². The van der Waals surface area contributed by atoms with Crippen LogP contribution in [0.5, 0.6) is 17.4 Å². The van der Waals surface area contributed by atoms with Crippen molar-refractivity contribution >= 4 is 31.9 Å². The summed E-state index contributed by atoms with van der Waals surface area (Å²) in [6.07, 6.45) is 0. The highest BCUT2D eigenvalue weighted by Crippen LogP contribution is 2.35. The zero-order valence-corrected chi connectivity index (χ0v) is 14.1. The second-order valence-corrected chi connectivity index (χ2v) is 5.44. The number of aromatic nitrogens is 2. The molecule has 1 heterocycles. The lowest BCUT2D eigenvalue weighted by Crippen LogP contribution is -1.97. The van der Waals surface area contributed by atoms with Crippen LogP contribution in [-0.2, 0) is 12.4 Å². The monoisotopic (exact) mass is 388 g/mol. The molecule has 6 heteroatoms. The smallest absolute Gasteiger partial charge is 0.221 e. The predicted molar refractivity (Wildman–Crippen MR) is 81.3 cm³/mol. The molecule has 1 aromatic heterocycles. The van der Waals surface area contributed by atoms with Gasteiger partial charge in [-0.1, -0.05) is 15.9 Å². The van der Waals surface area contributed by atoms with E-state index in [9.17, 15) is 0 Å². The average molecular weight is 390 g/mol. The van der Waals surface area contributed by atoms with Crippen molar-refractivity contribution in [1.82, 2.24) is 9.78 Å². The van der Waals surface area contributed by atoms with E-state index in [1.807, 2.05) is 32.2 Å². The molecule has 2 aromatic rings. The number of methoxy groups -OCH3 is 1. The first kappa shape index (κ1) is 14.4. The Labute approximate surface area is 129 Å². The number of nitrogens with zero attached hydrogens (tertiary/aromatic N) is 2. The van der Waals surface area contributed by atoms with Gasteiger partial charge in [0.05, 0.1) is 17.3 Å². The summed E-state index contributed by atoms with van der Waals surface area (Å²) in [6, 6.07) is 5.59. The van der Waals surface area contributed by atoms with Gasteiger partial charge in [0, 0.05) is 17.9 Å². The third kappa shape index (κ3) is 2.95. The van der Waals surface area contributed by atoms with Crippen molar-refractivity contribution < 1.29 is 9.47 Å². The maximum absolute atomic E-state index is 5.95. The molecule has 0 atom stereocenters. The zero-order valence-electron chi connectivity index (χ0n) is 10.9. The largest absolute Gasteiger partial charge is 0.497 e. The van der Waals surface area contributed by atoms with Gasteiger partial charge in [0.15, 0.2) is 0 Å². The van der Waals surface area contributed by atoms with Crippen LogP contribution in [0.2, 0.25) is 0 Å². The summed E-state index contributed by atoms with van der Waals surface area (Å²) in [5, 5.41) is 5.07. The highest BCUT2D eigenvalue weighted by molar-refractivity contribution is 9.10. The van der Waals surface area contributed by atoms with Crippen LogP contribution in [0.1, 0.15) is 11.3 Å². The molecule has 0 aliphatic rings. The second-order valence-electron chi connectivity index (χ2n) is 4.02. The molecule has 19 heavy (non-hydrogen) atoms. The fraction of sp³-hybridized carbons (Fsp3) is 0.308. The van der Waals surface area contributed by atoms with E-state index in [-0.39, 0.29) is 0 Å². The van der Waals surface area contributed by atoms with Gasteiger partial charge in [-0.3, -0.25) is 0 Å². The Bertz CT molecular complexity index is 597. The molecule has 0 unspecified atom stereocenters. The van der Waals surface area contributed by atoms with E-state index in [0.717, 1.165) is 33.1 Å². The van der Waals surface area contributed by atoms with Crippen LogP contribution in [0.15, 0.2) is 22.7 Å². The number of ether oxygens (including phenoxy) is 2. The maximum atomic E-state index is 5.95. The summed E-state index contributed by atoms with van der Waals surface area (Å²) in [7, 11) is 3.50. The van der Waals surface area contributed by atoms with Crippen LogP contribution in [0, 0.1) is 6.92 Å². The van der Waals surface area contributed by atoms with Gasteiger partial charge >= 0.3 is 0 Å². The first-order valence-electron chi connectivity index (χ1n) is 5.66. The van der Waals surface area contributed by atoms with Crippen molar-refractivity contribution in [3.8, 4) is 17.4 Å². The van der Waals surface area contributed by atoms with Crippen LogP contribution in [-0.4, -0.2) is 16.9 Å². The van der Waals surface area contributed by atoms with Crippen molar-refractivity contribution in [3.63, 3.8) is 0 Å². The van der Waals surface area contributed by atoms with E-state index in [2.05, 4.69) is 37.0 Å². The lowest BCUT2D eigenvalue weighted by atomic mass is 10.3. The molecule has 0 spiro atoms. The number of benzene rings is 1. The van der Waals surface area contributed by atoms with E-state index in [1.54, 1.807) is 11.8 Å². The molecule has 4 nitrogen and oxygen atoms in total. The highest BCUT2D eigenvalue weighted by Gasteiger charge is 2.15. The zero-order chi connectivity index (χ0) is 14.0. The SMILES string of the molecule is COc1ccc(Oc2c(CBr)c(C)nn2C)c(Br)c1. The van der Waals surface area contributed by atoms with Crippen LogP contribution in [0.4, 0.5) is 0 Å². The van der Waals surface area contributed by atoms with E-state index in [0.29, 0.717) is 5.33 Å². The van der Waals surface area contributed by atoms with Gasteiger partial charge in [-0.15, -0.1) is 0 Å². The fourth-order valence-corrected chi connectivity index (χ4v) is 2.84. The third-order valence-electron chi connectivity index (χ3n) is 2.77. The first-order chi connectivity index (χ1) is 9.06. The molecule has 0 amide bonds. The molecule has 0 saturated heterocycles. The minimum atomic E-state index is 0.704. The lowest BCUT2D eigenvalue weighted by molar-refractivity contribution is 0.407.